The van der Waals surface area contributed by atoms with Crippen LogP contribution < -0.4 is 10.6 Å². The van der Waals surface area contributed by atoms with Gasteiger partial charge in [0.05, 0.1) is 12.6 Å². The number of alkyl halides is 3. The molecule has 20 heavy (non-hydrogen) atoms. The maximum atomic E-state index is 12.0. The van der Waals surface area contributed by atoms with Crippen molar-refractivity contribution in [1.82, 2.24) is 15.5 Å². The first-order chi connectivity index (χ1) is 9.19. The van der Waals surface area contributed by atoms with Gasteiger partial charge < -0.3 is 10.6 Å². The number of piperazine rings is 1. The van der Waals surface area contributed by atoms with Crippen LogP contribution in [0.5, 0.6) is 0 Å². The van der Waals surface area contributed by atoms with E-state index in [-0.39, 0.29) is 18.4 Å². The van der Waals surface area contributed by atoms with Gasteiger partial charge in [0.2, 0.25) is 11.8 Å². The maximum absolute atomic E-state index is 12.0. The van der Waals surface area contributed by atoms with E-state index in [4.69, 9.17) is 0 Å². The summed E-state index contributed by atoms with van der Waals surface area (Å²) in [5.74, 6) is -0.635. The van der Waals surface area contributed by atoms with Crippen LogP contribution in [0.25, 0.3) is 0 Å². The highest BCUT2D eigenvalue weighted by Gasteiger charge is 2.32. The van der Waals surface area contributed by atoms with E-state index in [1.165, 1.54) is 0 Å². The molecule has 1 heterocycles. The Labute approximate surface area is 115 Å². The third-order valence-electron chi connectivity index (χ3n) is 2.97. The average molecular weight is 295 g/mol. The topological polar surface area (TPSA) is 61.4 Å². The number of amides is 2. The summed E-state index contributed by atoms with van der Waals surface area (Å²) >= 11 is 0. The zero-order chi connectivity index (χ0) is 15.3. The molecule has 2 N–H and O–H groups in total. The maximum Gasteiger partial charge on any atom is 0.405 e. The molecule has 1 rings (SSSR count). The average Bonchev–Trinajstić information content (AvgIpc) is 2.30. The second-order valence-electron chi connectivity index (χ2n) is 5.30. The van der Waals surface area contributed by atoms with E-state index in [1.807, 2.05) is 19.2 Å². The molecule has 2 amide bonds. The van der Waals surface area contributed by atoms with Gasteiger partial charge in [-0.2, -0.15) is 13.2 Å². The van der Waals surface area contributed by atoms with Gasteiger partial charge in [-0.25, -0.2) is 0 Å². The minimum absolute atomic E-state index is 0.173. The van der Waals surface area contributed by atoms with Crippen molar-refractivity contribution in [3.8, 4) is 0 Å². The van der Waals surface area contributed by atoms with Crippen molar-refractivity contribution in [3.63, 3.8) is 0 Å². The Balaban J connectivity index is 2.54. The molecule has 0 aromatic carbocycles. The fraction of sp³-hybridized carbons (Fsp3) is 0.833. The van der Waals surface area contributed by atoms with Crippen molar-refractivity contribution in [2.24, 2.45) is 5.92 Å². The highest BCUT2D eigenvalue weighted by molar-refractivity contribution is 5.84. The zero-order valence-electron chi connectivity index (χ0n) is 11.6. The van der Waals surface area contributed by atoms with Crippen molar-refractivity contribution < 1.29 is 22.8 Å². The minimum atomic E-state index is -4.42. The second kappa shape index (κ2) is 6.92. The third kappa shape index (κ3) is 5.77. The van der Waals surface area contributed by atoms with Gasteiger partial charge in [0, 0.05) is 13.1 Å². The van der Waals surface area contributed by atoms with Crippen LogP contribution in [0.15, 0.2) is 0 Å². The first-order valence-electron chi connectivity index (χ1n) is 6.54. The second-order valence-corrected chi connectivity index (χ2v) is 5.30. The molecule has 0 bridgehead atoms. The minimum Gasteiger partial charge on any atom is -0.353 e. The lowest BCUT2D eigenvalue weighted by Crippen LogP contribution is -2.57. The molecule has 1 fully saturated rings. The van der Waals surface area contributed by atoms with Crippen LogP contribution in [-0.2, 0) is 9.59 Å². The molecule has 0 spiro atoms. The van der Waals surface area contributed by atoms with Crippen LogP contribution in [0.4, 0.5) is 13.2 Å². The predicted molar refractivity (Wildman–Crippen MR) is 66.9 cm³/mol. The smallest absolute Gasteiger partial charge is 0.353 e. The first-order valence-corrected chi connectivity index (χ1v) is 6.54. The van der Waals surface area contributed by atoms with E-state index >= 15 is 0 Å². The number of carbonyl (C=O) groups excluding carboxylic acids is 2. The van der Waals surface area contributed by atoms with Gasteiger partial charge in [-0.15, -0.1) is 0 Å². The van der Waals surface area contributed by atoms with Crippen LogP contribution >= 0.6 is 0 Å². The molecule has 0 radical (unpaired) electrons. The SMILES string of the molecule is CC(C)C[C@@H]1C(=O)NCCN1CC(=O)NCC(F)(F)F. The van der Waals surface area contributed by atoms with E-state index in [0.29, 0.717) is 19.5 Å². The molecule has 1 aliphatic heterocycles. The van der Waals surface area contributed by atoms with Gasteiger partial charge >= 0.3 is 6.18 Å². The molecule has 1 saturated heterocycles. The number of hydrogen-bond acceptors (Lipinski definition) is 3. The summed E-state index contributed by atoms with van der Waals surface area (Å²) < 4.78 is 36.0. The summed E-state index contributed by atoms with van der Waals surface area (Å²) in [4.78, 5) is 24.9. The highest BCUT2D eigenvalue weighted by atomic mass is 19.4. The third-order valence-corrected chi connectivity index (χ3v) is 2.97. The van der Waals surface area contributed by atoms with E-state index in [0.717, 1.165) is 0 Å². The Hall–Kier alpha value is -1.31. The Morgan fingerprint density at radius 2 is 2.15 bits per heavy atom. The van der Waals surface area contributed by atoms with Gasteiger partial charge in [-0.05, 0) is 12.3 Å². The van der Waals surface area contributed by atoms with E-state index < -0.39 is 24.7 Å². The lowest BCUT2D eigenvalue weighted by molar-refractivity contribution is -0.141. The Morgan fingerprint density at radius 3 is 2.70 bits per heavy atom. The van der Waals surface area contributed by atoms with Crippen LogP contribution in [-0.4, -0.2) is 55.1 Å². The molecule has 0 unspecified atom stereocenters. The molecule has 0 aliphatic carbocycles. The molecule has 0 aromatic rings. The van der Waals surface area contributed by atoms with Crippen LogP contribution in [0.2, 0.25) is 0 Å². The monoisotopic (exact) mass is 295 g/mol. The molecule has 1 atom stereocenters. The summed E-state index contributed by atoms with van der Waals surface area (Å²) in [7, 11) is 0. The summed E-state index contributed by atoms with van der Waals surface area (Å²) in [6, 6.07) is -0.458. The number of nitrogens with one attached hydrogen (secondary N) is 2. The molecule has 116 valence electrons. The van der Waals surface area contributed by atoms with Gasteiger partial charge in [-0.1, -0.05) is 13.8 Å². The standard InChI is InChI=1S/C12H20F3N3O2/c1-8(2)5-9-11(20)16-3-4-18(9)6-10(19)17-7-12(13,14)15/h8-9H,3-7H2,1-2H3,(H,16,20)(H,17,19)/t9-/m1/s1. The molecular weight excluding hydrogens is 275 g/mol. The van der Waals surface area contributed by atoms with Crippen molar-refractivity contribution in [2.75, 3.05) is 26.2 Å². The number of hydrogen-bond donors (Lipinski definition) is 2. The molecule has 0 saturated carbocycles. The Kier molecular flexibility index (Phi) is 5.79. The Bertz CT molecular complexity index is 358. The quantitative estimate of drug-likeness (QED) is 0.777. The normalized spacial score (nSPS) is 20.9. The lowest BCUT2D eigenvalue weighted by Gasteiger charge is -2.35. The van der Waals surface area contributed by atoms with Crippen molar-refractivity contribution >= 4 is 11.8 Å². The summed E-state index contributed by atoms with van der Waals surface area (Å²) in [5.41, 5.74) is 0. The van der Waals surface area contributed by atoms with Gasteiger partial charge in [-0.3, -0.25) is 14.5 Å². The molecule has 1 aliphatic rings. The molecular formula is C12H20F3N3O2. The van der Waals surface area contributed by atoms with Crippen molar-refractivity contribution in [2.45, 2.75) is 32.5 Å². The summed E-state index contributed by atoms with van der Waals surface area (Å²) in [6.45, 7) is 3.22. The first kappa shape index (κ1) is 16.7. The molecule has 5 nitrogen and oxygen atoms in total. The zero-order valence-corrected chi connectivity index (χ0v) is 11.6. The van der Waals surface area contributed by atoms with Gasteiger partial charge in [0.1, 0.15) is 6.54 Å². The number of halogens is 3. The lowest BCUT2D eigenvalue weighted by atomic mass is 10.00. The van der Waals surface area contributed by atoms with Gasteiger partial charge in [0.15, 0.2) is 0 Å². The number of carbonyl (C=O) groups is 2. The summed E-state index contributed by atoms with van der Waals surface area (Å²) in [5, 5.41) is 4.53. The van der Waals surface area contributed by atoms with Crippen molar-refractivity contribution in [1.29, 1.82) is 0 Å². The van der Waals surface area contributed by atoms with Crippen LogP contribution in [0, 0.1) is 5.92 Å². The van der Waals surface area contributed by atoms with E-state index in [2.05, 4.69) is 5.32 Å². The largest absolute Gasteiger partial charge is 0.405 e. The van der Waals surface area contributed by atoms with Crippen LogP contribution in [0.3, 0.4) is 0 Å². The number of rotatable bonds is 5. The Morgan fingerprint density at radius 1 is 1.50 bits per heavy atom. The number of nitrogens with zero attached hydrogens (tertiary/aromatic N) is 1. The summed E-state index contributed by atoms with van der Waals surface area (Å²) in [6.07, 6.45) is -3.86. The van der Waals surface area contributed by atoms with E-state index in [1.54, 1.807) is 4.90 Å². The van der Waals surface area contributed by atoms with E-state index in [9.17, 15) is 22.8 Å². The van der Waals surface area contributed by atoms with Crippen LogP contribution in [0.1, 0.15) is 20.3 Å². The van der Waals surface area contributed by atoms with Gasteiger partial charge in [0.25, 0.3) is 0 Å². The molecule has 0 aromatic heterocycles. The highest BCUT2D eigenvalue weighted by Crippen LogP contribution is 2.15. The fourth-order valence-corrected chi connectivity index (χ4v) is 2.09. The van der Waals surface area contributed by atoms with Crippen molar-refractivity contribution in [3.05, 3.63) is 0 Å². The predicted octanol–water partition coefficient (Wildman–Crippen LogP) is 0.511. The molecule has 8 heteroatoms. The fourth-order valence-electron chi connectivity index (χ4n) is 2.09.